The summed E-state index contributed by atoms with van der Waals surface area (Å²) in [4.78, 5) is 12.2. The number of rotatable bonds is 5. The van der Waals surface area contributed by atoms with Crippen molar-refractivity contribution in [2.45, 2.75) is 39.8 Å². The summed E-state index contributed by atoms with van der Waals surface area (Å²) in [6, 6.07) is 7.16. The molecule has 0 amide bonds. The molecule has 0 aliphatic rings. The van der Waals surface area contributed by atoms with Crippen LogP contribution in [0.4, 0.5) is 0 Å². The van der Waals surface area contributed by atoms with E-state index in [1.165, 1.54) is 0 Å². The molecule has 0 spiro atoms. The van der Waals surface area contributed by atoms with E-state index in [0.717, 1.165) is 0 Å². The van der Waals surface area contributed by atoms with E-state index >= 15 is 0 Å². The van der Waals surface area contributed by atoms with Gasteiger partial charge < -0.3 is 10.5 Å². The first kappa shape index (κ1) is 13.7. The third kappa shape index (κ3) is 3.56. The maximum Gasteiger partial charge on any atom is 0.170 e. The molecule has 1 aromatic rings. The second kappa shape index (κ2) is 5.82. The Labute approximate surface area is 103 Å². The van der Waals surface area contributed by atoms with Gasteiger partial charge in [-0.2, -0.15) is 0 Å². The molecular weight excluding hydrogens is 214 g/mol. The van der Waals surface area contributed by atoms with Crippen molar-refractivity contribution in [2.24, 2.45) is 11.7 Å². The fraction of sp³-hybridized carbons (Fsp3) is 0.500. The third-order valence-electron chi connectivity index (χ3n) is 2.72. The highest BCUT2D eigenvalue weighted by Crippen LogP contribution is 2.23. The first-order valence-corrected chi connectivity index (χ1v) is 5.99. The van der Waals surface area contributed by atoms with Crippen molar-refractivity contribution in [3.8, 4) is 5.75 Å². The van der Waals surface area contributed by atoms with Gasteiger partial charge in [0.15, 0.2) is 5.78 Å². The second-order valence-corrected chi connectivity index (χ2v) is 4.67. The van der Waals surface area contributed by atoms with Gasteiger partial charge in [-0.25, -0.2) is 0 Å². The van der Waals surface area contributed by atoms with Crippen LogP contribution in [0.15, 0.2) is 24.3 Å². The Bertz CT molecular complexity index is 386. The van der Waals surface area contributed by atoms with Gasteiger partial charge in [-0.1, -0.05) is 19.1 Å². The van der Waals surface area contributed by atoms with E-state index in [-0.39, 0.29) is 23.8 Å². The minimum atomic E-state index is -0.202. The zero-order chi connectivity index (χ0) is 13.0. The summed E-state index contributed by atoms with van der Waals surface area (Å²) in [5, 5.41) is 0. The number of hydrogen-bond donors (Lipinski definition) is 1. The molecule has 0 saturated carbocycles. The van der Waals surface area contributed by atoms with Crippen LogP contribution in [0.2, 0.25) is 0 Å². The number of Topliss-reactive ketones (excluding diaryl/α,β-unsaturated/α-hetero) is 1. The SMILES string of the molecule is CC(C)Oc1ccccc1C(=O)C(C)C(C)N. The van der Waals surface area contributed by atoms with E-state index in [1.807, 2.05) is 45.9 Å². The number of benzene rings is 1. The Morgan fingerprint density at radius 1 is 1.18 bits per heavy atom. The molecule has 2 unspecified atom stereocenters. The van der Waals surface area contributed by atoms with Gasteiger partial charge in [-0.15, -0.1) is 0 Å². The lowest BCUT2D eigenvalue weighted by Gasteiger charge is -2.18. The molecule has 2 N–H and O–H groups in total. The Kier molecular flexibility index (Phi) is 4.70. The maximum absolute atomic E-state index is 12.2. The average molecular weight is 235 g/mol. The molecule has 0 bridgehead atoms. The molecule has 1 rings (SSSR count). The van der Waals surface area contributed by atoms with Gasteiger partial charge in [0.1, 0.15) is 5.75 Å². The molecule has 94 valence electrons. The summed E-state index contributed by atoms with van der Waals surface area (Å²) in [7, 11) is 0. The normalized spacial score (nSPS) is 14.5. The Balaban J connectivity index is 3.00. The van der Waals surface area contributed by atoms with Crippen molar-refractivity contribution in [2.75, 3.05) is 0 Å². The number of ketones is 1. The molecule has 0 aromatic heterocycles. The van der Waals surface area contributed by atoms with Crippen LogP contribution in [0.1, 0.15) is 38.1 Å². The van der Waals surface area contributed by atoms with Crippen LogP contribution in [-0.2, 0) is 0 Å². The molecular formula is C14H21NO2. The molecule has 0 aliphatic heterocycles. The fourth-order valence-electron chi connectivity index (χ4n) is 1.51. The zero-order valence-electron chi connectivity index (χ0n) is 10.9. The van der Waals surface area contributed by atoms with Gasteiger partial charge >= 0.3 is 0 Å². The van der Waals surface area contributed by atoms with E-state index < -0.39 is 0 Å². The van der Waals surface area contributed by atoms with E-state index in [1.54, 1.807) is 6.07 Å². The smallest absolute Gasteiger partial charge is 0.170 e. The summed E-state index contributed by atoms with van der Waals surface area (Å²) < 4.78 is 5.63. The summed E-state index contributed by atoms with van der Waals surface area (Å²) >= 11 is 0. The predicted molar refractivity (Wildman–Crippen MR) is 69.3 cm³/mol. The van der Waals surface area contributed by atoms with E-state index in [2.05, 4.69) is 0 Å². The molecule has 3 nitrogen and oxygen atoms in total. The van der Waals surface area contributed by atoms with Gasteiger partial charge in [-0.3, -0.25) is 4.79 Å². The van der Waals surface area contributed by atoms with Gasteiger partial charge in [0.25, 0.3) is 0 Å². The lowest BCUT2D eigenvalue weighted by molar-refractivity contribution is 0.0911. The van der Waals surface area contributed by atoms with E-state index in [9.17, 15) is 4.79 Å². The van der Waals surface area contributed by atoms with Crippen molar-refractivity contribution in [1.29, 1.82) is 0 Å². The monoisotopic (exact) mass is 235 g/mol. The number of carbonyl (C=O) groups excluding carboxylic acids is 1. The molecule has 0 saturated heterocycles. The van der Waals surface area contributed by atoms with E-state index in [4.69, 9.17) is 10.5 Å². The lowest BCUT2D eigenvalue weighted by Crippen LogP contribution is -2.31. The molecule has 0 fully saturated rings. The first-order valence-electron chi connectivity index (χ1n) is 5.99. The fourth-order valence-corrected chi connectivity index (χ4v) is 1.51. The Hall–Kier alpha value is -1.35. The largest absolute Gasteiger partial charge is 0.490 e. The van der Waals surface area contributed by atoms with Crippen LogP contribution >= 0.6 is 0 Å². The number of ether oxygens (including phenoxy) is 1. The van der Waals surface area contributed by atoms with Crippen LogP contribution < -0.4 is 10.5 Å². The molecule has 3 heteroatoms. The average Bonchev–Trinajstić information content (AvgIpc) is 2.27. The third-order valence-corrected chi connectivity index (χ3v) is 2.72. The standard InChI is InChI=1S/C14H21NO2/c1-9(2)17-13-8-6-5-7-12(13)14(16)10(3)11(4)15/h5-11H,15H2,1-4H3. The highest BCUT2D eigenvalue weighted by molar-refractivity contribution is 6.00. The van der Waals surface area contributed by atoms with Crippen LogP contribution in [0.25, 0.3) is 0 Å². The van der Waals surface area contributed by atoms with Gasteiger partial charge in [-0.05, 0) is 32.9 Å². The van der Waals surface area contributed by atoms with Crippen molar-refractivity contribution in [1.82, 2.24) is 0 Å². The number of nitrogens with two attached hydrogens (primary N) is 1. The molecule has 1 aromatic carbocycles. The summed E-state index contributed by atoms with van der Waals surface area (Å²) in [6.07, 6.45) is 0.0505. The molecule has 2 atom stereocenters. The molecule has 0 radical (unpaired) electrons. The van der Waals surface area contributed by atoms with Gasteiger partial charge in [0, 0.05) is 12.0 Å². The first-order chi connectivity index (χ1) is 7.93. The lowest BCUT2D eigenvalue weighted by atomic mass is 9.93. The van der Waals surface area contributed by atoms with Gasteiger partial charge in [0.2, 0.25) is 0 Å². The van der Waals surface area contributed by atoms with Crippen molar-refractivity contribution < 1.29 is 9.53 Å². The molecule has 17 heavy (non-hydrogen) atoms. The molecule has 0 aliphatic carbocycles. The van der Waals surface area contributed by atoms with Crippen LogP contribution in [0.3, 0.4) is 0 Å². The van der Waals surface area contributed by atoms with Crippen molar-refractivity contribution >= 4 is 5.78 Å². The van der Waals surface area contributed by atoms with Crippen LogP contribution in [0.5, 0.6) is 5.75 Å². The number of para-hydroxylation sites is 1. The predicted octanol–water partition coefficient (Wildman–Crippen LogP) is 2.64. The van der Waals surface area contributed by atoms with Crippen molar-refractivity contribution in [3.05, 3.63) is 29.8 Å². The maximum atomic E-state index is 12.2. The Morgan fingerprint density at radius 3 is 2.29 bits per heavy atom. The van der Waals surface area contributed by atoms with E-state index in [0.29, 0.717) is 11.3 Å². The zero-order valence-corrected chi connectivity index (χ0v) is 10.9. The van der Waals surface area contributed by atoms with Crippen LogP contribution in [-0.4, -0.2) is 17.9 Å². The minimum absolute atomic E-state index is 0.0382. The highest BCUT2D eigenvalue weighted by atomic mass is 16.5. The minimum Gasteiger partial charge on any atom is -0.490 e. The summed E-state index contributed by atoms with van der Waals surface area (Å²) in [6.45, 7) is 7.57. The van der Waals surface area contributed by atoms with Gasteiger partial charge in [0.05, 0.1) is 11.7 Å². The van der Waals surface area contributed by atoms with Crippen LogP contribution in [0, 0.1) is 5.92 Å². The summed E-state index contributed by atoms with van der Waals surface area (Å²) in [5.74, 6) is 0.475. The number of carbonyl (C=O) groups is 1. The highest BCUT2D eigenvalue weighted by Gasteiger charge is 2.22. The van der Waals surface area contributed by atoms with Crippen molar-refractivity contribution in [3.63, 3.8) is 0 Å². The second-order valence-electron chi connectivity index (χ2n) is 4.67. The molecule has 0 heterocycles. The topological polar surface area (TPSA) is 52.3 Å². The number of hydrogen-bond acceptors (Lipinski definition) is 3. The summed E-state index contributed by atoms with van der Waals surface area (Å²) in [5.41, 5.74) is 6.38. The Morgan fingerprint density at radius 2 is 1.76 bits per heavy atom. The quantitative estimate of drug-likeness (QED) is 0.798.